The van der Waals surface area contributed by atoms with Gasteiger partial charge < -0.3 is 9.64 Å². The molecule has 1 amide bonds. The van der Waals surface area contributed by atoms with Crippen LogP contribution < -0.4 is 0 Å². The molecule has 0 unspecified atom stereocenters. The lowest BCUT2D eigenvalue weighted by molar-refractivity contribution is -0.117. The Labute approximate surface area is 107 Å². The molecule has 0 atom stereocenters. The average molecular weight is 243 g/mol. The number of ether oxygens (including phenoxy) is 1. The van der Waals surface area contributed by atoms with E-state index in [4.69, 9.17) is 4.74 Å². The maximum absolute atomic E-state index is 10.6. The minimum Gasteiger partial charge on any atom is -0.380 e. The van der Waals surface area contributed by atoms with Gasteiger partial charge in [0.2, 0.25) is 6.41 Å². The van der Waals surface area contributed by atoms with E-state index in [1.54, 1.807) is 19.1 Å². The van der Waals surface area contributed by atoms with Gasteiger partial charge in [0.1, 0.15) is 0 Å². The molecule has 18 heavy (non-hydrogen) atoms. The Morgan fingerprint density at radius 2 is 1.72 bits per heavy atom. The Kier molecular flexibility index (Phi) is 3.95. The first-order chi connectivity index (χ1) is 8.72. The number of hydrogen-bond acceptors (Lipinski definition) is 2. The van der Waals surface area contributed by atoms with Crippen LogP contribution in [0, 0.1) is 0 Å². The summed E-state index contributed by atoms with van der Waals surface area (Å²) >= 11 is 0. The Bertz CT molecular complexity index is 551. The van der Waals surface area contributed by atoms with Crippen LogP contribution in [0.5, 0.6) is 0 Å². The van der Waals surface area contributed by atoms with Crippen LogP contribution in [0.25, 0.3) is 10.8 Å². The van der Waals surface area contributed by atoms with Crippen LogP contribution in [0.1, 0.15) is 11.1 Å². The highest BCUT2D eigenvalue weighted by Crippen LogP contribution is 2.19. The van der Waals surface area contributed by atoms with Crippen LogP contribution in [0.2, 0.25) is 0 Å². The summed E-state index contributed by atoms with van der Waals surface area (Å²) < 4.78 is 5.12. The van der Waals surface area contributed by atoms with E-state index in [1.165, 1.54) is 16.3 Å². The third-order valence-electron chi connectivity index (χ3n) is 2.89. The molecule has 0 saturated carbocycles. The van der Waals surface area contributed by atoms with Gasteiger partial charge in [0.15, 0.2) is 0 Å². The molecule has 2 rings (SSSR count). The SMILES string of the molecule is COCc1ccc2cc(CN(C)C=O)ccc2c1. The molecule has 0 spiro atoms. The molecular weight excluding hydrogens is 226 g/mol. The Morgan fingerprint density at radius 3 is 2.33 bits per heavy atom. The standard InChI is InChI=1S/C15H17NO2/c1-16(11-17)9-12-3-5-15-8-13(10-18-2)4-6-14(15)7-12/h3-8,11H,9-10H2,1-2H3. The molecular formula is C15H17NO2. The molecule has 0 aliphatic heterocycles. The highest BCUT2D eigenvalue weighted by Gasteiger charge is 2.01. The number of amides is 1. The molecule has 2 aromatic rings. The van der Waals surface area contributed by atoms with E-state index in [2.05, 4.69) is 36.4 Å². The summed E-state index contributed by atoms with van der Waals surface area (Å²) in [7, 11) is 3.47. The normalized spacial score (nSPS) is 10.6. The van der Waals surface area contributed by atoms with Crippen molar-refractivity contribution < 1.29 is 9.53 Å². The predicted molar refractivity (Wildman–Crippen MR) is 72.2 cm³/mol. The van der Waals surface area contributed by atoms with Gasteiger partial charge in [0, 0.05) is 20.7 Å². The van der Waals surface area contributed by atoms with Crippen LogP contribution in [-0.2, 0) is 22.7 Å². The van der Waals surface area contributed by atoms with Crippen molar-refractivity contribution >= 4 is 17.2 Å². The summed E-state index contributed by atoms with van der Waals surface area (Å²) in [4.78, 5) is 12.2. The number of methoxy groups -OCH3 is 1. The fourth-order valence-electron chi connectivity index (χ4n) is 2.02. The van der Waals surface area contributed by atoms with Gasteiger partial charge in [-0.3, -0.25) is 4.79 Å². The van der Waals surface area contributed by atoms with Gasteiger partial charge in [0.05, 0.1) is 6.61 Å². The minimum absolute atomic E-state index is 0.631. The Hall–Kier alpha value is -1.87. The molecule has 3 heteroatoms. The average Bonchev–Trinajstić information content (AvgIpc) is 2.39. The monoisotopic (exact) mass is 243 g/mol. The predicted octanol–water partition coefficient (Wildman–Crippen LogP) is 2.57. The number of hydrogen-bond donors (Lipinski definition) is 0. The summed E-state index contributed by atoms with van der Waals surface area (Å²) in [6.45, 7) is 1.27. The van der Waals surface area contributed by atoms with Crippen molar-refractivity contribution in [3.8, 4) is 0 Å². The fourth-order valence-corrected chi connectivity index (χ4v) is 2.02. The second-order valence-corrected chi connectivity index (χ2v) is 4.47. The number of benzene rings is 2. The zero-order valence-corrected chi connectivity index (χ0v) is 10.7. The number of carbonyl (C=O) groups excluding carboxylic acids is 1. The van der Waals surface area contributed by atoms with E-state index in [9.17, 15) is 4.79 Å². The number of fused-ring (bicyclic) bond motifs is 1. The van der Waals surface area contributed by atoms with E-state index >= 15 is 0 Å². The van der Waals surface area contributed by atoms with Crippen molar-refractivity contribution in [1.82, 2.24) is 4.90 Å². The summed E-state index contributed by atoms with van der Waals surface area (Å²) in [5.74, 6) is 0. The second-order valence-electron chi connectivity index (χ2n) is 4.47. The second kappa shape index (κ2) is 5.65. The molecule has 0 N–H and O–H groups in total. The van der Waals surface area contributed by atoms with Crippen LogP contribution in [0.3, 0.4) is 0 Å². The zero-order valence-electron chi connectivity index (χ0n) is 10.7. The van der Waals surface area contributed by atoms with Gasteiger partial charge in [0.25, 0.3) is 0 Å². The molecule has 3 nitrogen and oxygen atoms in total. The van der Waals surface area contributed by atoms with E-state index in [-0.39, 0.29) is 0 Å². The zero-order chi connectivity index (χ0) is 13.0. The third-order valence-corrected chi connectivity index (χ3v) is 2.89. The topological polar surface area (TPSA) is 29.5 Å². The van der Waals surface area contributed by atoms with Crippen molar-refractivity contribution in [2.75, 3.05) is 14.2 Å². The van der Waals surface area contributed by atoms with E-state index in [0.717, 1.165) is 12.0 Å². The maximum Gasteiger partial charge on any atom is 0.209 e. The first-order valence-electron chi connectivity index (χ1n) is 5.89. The van der Waals surface area contributed by atoms with Gasteiger partial charge in [-0.05, 0) is 34.0 Å². The first kappa shape index (κ1) is 12.6. The van der Waals surface area contributed by atoms with Gasteiger partial charge in [-0.1, -0.05) is 24.3 Å². The van der Waals surface area contributed by atoms with Crippen molar-refractivity contribution in [3.05, 3.63) is 47.5 Å². The minimum atomic E-state index is 0.631. The van der Waals surface area contributed by atoms with E-state index in [1.807, 2.05) is 0 Å². The maximum atomic E-state index is 10.6. The largest absolute Gasteiger partial charge is 0.380 e. The molecule has 94 valence electrons. The summed E-state index contributed by atoms with van der Waals surface area (Å²) in [6.07, 6.45) is 0.839. The molecule has 2 aromatic carbocycles. The first-order valence-corrected chi connectivity index (χ1v) is 5.89. The van der Waals surface area contributed by atoms with Gasteiger partial charge in [-0.2, -0.15) is 0 Å². The molecule has 0 fully saturated rings. The van der Waals surface area contributed by atoms with E-state index < -0.39 is 0 Å². The van der Waals surface area contributed by atoms with Crippen molar-refractivity contribution in [1.29, 1.82) is 0 Å². The van der Waals surface area contributed by atoms with Gasteiger partial charge in [-0.25, -0.2) is 0 Å². The van der Waals surface area contributed by atoms with Crippen LogP contribution in [0.15, 0.2) is 36.4 Å². The smallest absolute Gasteiger partial charge is 0.209 e. The highest BCUT2D eigenvalue weighted by atomic mass is 16.5. The third kappa shape index (κ3) is 2.87. The van der Waals surface area contributed by atoms with Crippen molar-refractivity contribution in [2.24, 2.45) is 0 Å². The van der Waals surface area contributed by atoms with Gasteiger partial charge >= 0.3 is 0 Å². The van der Waals surface area contributed by atoms with Crippen LogP contribution in [0.4, 0.5) is 0 Å². The summed E-state index contributed by atoms with van der Waals surface area (Å²) in [6, 6.07) is 12.5. The van der Waals surface area contributed by atoms with E-state index in [0.29, 0.717) is 13.2 Å². The molecule has 0 aliphatic carbocycles. The molecule has 0 heterocycles. The Morgan fingerprint density at radius 1 is 1.11 bits per heavy atom. The van der Waals surface area contributed by atoms with Crippen molar-refractivity contribution in [2.45, 2.75) is 13.2 Å². The van der Waals surface area contributed by atoms with Crippen molar-refractivity contribution in [3.63, 3.8) is 0 Å². The summed E-state index contributed by atoms with van der Waals surface area (Å²) in [5, 5.41) is 2.38. The fraction of sp³-hybridized carbons (Fsp3) is 0.267. The summed E-state index contributed by atoms with van der Waals surface area (Å²) in [5.41, 5.74) is 2.30. The van der Waals surface area contributed by atoms with Gasteiger partial charge in [-0.15, -0.1) is 0 Å². The lowest BCUT2D eigenvalue weighted by Gasteiger charge is -2.11. The van der Waals surface area contributed by atoms with Crippen LogP contribution >= 0.6 is 0 Å². The number of rotatable bonds is 5. The molecule has 0 aromatic heterocycles. The molecule has 0 bridgehead atoms. The highest BCUT2D eigenvalue weighted by molar-refractivity contribution is 5.83. The lowest BCUT2D eigenvalue weighted by atomic mass is 10.0. The number of nitrogens with zero attached hydrogens (tertiary/aromatic N) is 1. The number of carbonyl (C=O) groups is 1. The molecule has 0 aliphatic rings. The quantitative estimate of drug-likeness (QED) is 0.755. The van der Waals surface area contributed by atoms with Crippen LogP contribution in [-0.4, -0.2) is 25.5 Å². The molecule has 0 radical (unpaired) electrons. The molecule has 0 saturated heterocycles. The lowest BCUT2D eigenvalue weighted by Crippen LogP contribution is -2.14. The Balaban J connectivity index is 2.29.